The second-order valence-electron chi connectivity index (χ2n) is 7.91. The van der Waals surface area contributed by atoms with Crippen molar-refractivity contribution in [1.82, 2.24) is 9.13 Å². The van der Waals surface area contributed by atoms with Crippen LogP contribution in [0.2, 0.25) is 10.0 Å². The molecule has 3 aromatic rings. The van der Waals surface area contributed by atoms with E-state index in [1.165, 1.54) is 4.57 Å². The van der Waals surface area contributed by atoms with E-state index in [4.69, 9.17) is 27.9 Å². The lowest BCUT2D eigenvalue weighted by atomic mass is 9.95. The summed E-state index contributed by atoms with van der Waals surface area (Å²) in [6.45, 7) is 8.12. The highest BCUT2D eigenvalue weighted by molar-refractivity contribution is 6.31. The predicted octanol–water partition coefficient (Wildman–Crippen LogP) is 5.76. The number of pyridine rings is 1. The number of carbonyl (C=O) groups excluding carboxylic acids is 1. The molecule has 8 heteroatoms. The Labute approximate surface area is 197 Å². The highest BCUT2D eigenvalue weighted by Crippen LogP contribution is 2.35. The van der Waals surface area contributed by atoms with Gasteiger partial charge in [0.25, 0.3) is 5.56 Å². The fraction of sp³-hybridized carbons (Fsp3) is 0.333. The monoisotopic (exact) mass is 475 g/mol. The van der Waals surface area contributed by atoms with Crippen LogP contribution in [0.3, 0.4) is 0 Å². The van der Waals surface area contributed by atoms with Gasteiger partial charge in [-0.1, -0.05) is 29.3 Å². The summed E-state index contributed by atoms with van der Waals surface area (Å²) in [4.78, 5) is 24.9. The first kappa shape index (κ1) is 24.0. The first-order valence-corrected chi connectivity index (χ1v) is 11.2. The molecule has 0 spiro atoms. The van der Waals surface area contributed by atoms with Crippen LogP contribution in [0.5, 0.6) is 0 Å². The second-order valence-corrected chi connectivity index (χ2v) is 8.75. The second kappa shape index (κ2) is 9.84. The quantitative estimate of drug-likeness (QED) is 0.441. The summed E-state index contributed by atoms with van der Waals surface area (Å²) in [5.74, 6) is -0.390. The number of aromatic nitrogens is 2. The molecule has 1 N–H and O–H groups in total. The Hall–Kier alpha value is -2.70. The molecule has 32 heavy (non-hydrogen) atoms. The SMILES string of the molecule is CCOC(=O)c1ccn(C(C)C)c1C(Nc1cc(Cl)c(=O)n(C)c1)c1ccc(Cl)cc1C. The number of hydrogen-bond donors (Lipinski definition) is 1. The Bertz CT molecular complexity index is 1170. The lowest BCUT2D eigenvalue weighted by Gasteiger charge is -2.27. The van der Waals surface area contributed by atoms with E-state index < -0.39 is 6.04 Å². The average molecular weight is 476 g/mol. The molecular formula is C24H27Cl2N3O3. The number of aryl methyl sites for hydroxylation is 2. The van der Waals surface area contributed by atoms with Crippen molar-refractivity contribution in [2.75, 3.05) is 11.9 Å². The Morgan fingerprint density at radius 3 is 2.50 bits per heavy atom. The van der Waals surface area contributed by atoms with E-state index in [2.05, 4.69) is 5.32 Å². The molecule has 0 aliphatic rings. The first-order chi connectivity index (χ1) is 15.1. The van der Waals surface area contributed by atoms with Crippen LogP contribution in [0.25, 0.3) is 0 Å². The minimum absolute atomic E-state index is 0.0915. The van der Waals surface area contributed by atoms with Gasteiger partial charge in [0.05, 0.1) is 29.6 Å². The topological polar surface area (TPSA) is 65.3 Å². The number of nitrogens with zero attached hydrogens (tertiary/aromatic N) is 2. The third kappa shape index (κ3) is 4.87. The predicted molar refractivity (Wildman–Crippen MR) is 129 cm³/mol. The van der Waals surface area contributed by atoms with Crippen LogP contribution in [-0.2, 0) is 11.8 Å². The normalized spacial score (nSPS) is 12.1. The van der Waals surface area contributed by atoms with Gasteiger partial charge in [-0.05, 0) is 63.1 Å². The van der Waals surface area contributed by atoms with Gasteiger partial charge in [-0.2, -0.15) is 0 Å². The summed E-state index contributed by atoms with van der Waals surface area (Å²) >= 11 is 12.4. The number of nitrogens with one attached hydrogen (secondary N) is 1. The van der Waals surface area contributed by atoms with E-state index >= 15 is 0 Å². The van der Waals surface area contributed by atoms with Gasteiger partial charge < -0.3 is 19.2 Å². The van der Waals surface area contributed by atoms with Gasteiger partial charge in [-0.3, -0.25) is 4.79 Å². The number of hydrogen-bond acceptors (Lipinski definition) is 4. The summed E-state index contributed by atoms with van der Waals surface area (Å²) < 4.78 is 8.80. The molecule has 0 aliphatic heterocycles. The number of halogens is 2. The third-order valence-electron chi connectivity index (χ3n) is 5.27. The lowest BCUT2D eigenvalue weighted by molar-refractivity contribution is 0.0524. The van der Waals surface area contributed by atoms with Gasteiger partial charge in [0, 0.05) is 30.5 Å². The maximum atomic E-state index is 12.8. The molecule has 0 amide bonds. The van der Waals surface area contributed by atoms with Crippen LogP contribution < -0.4 is 10.9 Å². The van der Waals surface area contributed by atoms with Crippen LogP contribution in [0.15, 0.2) is 47.5 Å². The summed E-state index contributed by atoms with van der Waals surface area (Å²) in [6, 6.07) is 8.66. The van der Waals surface area contributed by atoms with Crippen molar-refractivity contribution in [3.63, 3.8) is 0 Å². The number of anilines is 1. The zero-order valence-corrected chi connectivity index (χ0v) is 20.3. The van der Waals surface area contributed by atoms with Crippen LogP contribution in [0.4, 0.5) is 5.69 Å². The van der Waals surface area contributed by atoms with Crippen LogP contribution >= 0.6 is 23.2 Å². The van der Waals surface area contributed by atoms with Gasteiger partial charge in [-0.25, -0.2) is 4.79 Å². The number of ether oxygens (including phenoxy) is 1. The van der Waals surface area contributed by atoms with Crippen molar-refractivity contribution < 1.29 is 9.53 Å². The minimum Gasteiger partial charge on any atom is -0.462 e. The molecule has 0 fully saturated rings. The van der Waals surface area contributed by atoms with Gasteiger partial charge in [0.15, 0.2) is 0 Å². The van der Waals surface area contributed by atoms with Crippen LogP contribution in [0, 0.1) is 6.92 Å². The van der Waals surface area contributed by atoms with Gasteiger partial charge in [-0.15, -0.1) is 0 Å². The fourth-order valence-electron chi connectivity index (χ4n) is 3.77. The molecule has 0 radical (unpaired) electrons. The van der Waals surface area contributed by atoms with E-state index in [1.807, 2.05) is 49.7 Å². The van der Waals surface area contributed by atoms with E-state index in [0.29, 0.717) is 16.3 Å². The number of benzene rings is 1. The highest BCUT2D eigenvalue weighted by atomic mass is 35.5. The Balaban J connectivity index is 2.25. The molecule has 3 rings (SSSR count). The molecule has 0 aliphatic carbocycles. The lowest BCUT2D eigenvalue weighted by Crippen LogP contribution is -2.23. The van der Waals surface area contributed by atoms with E-state index in [-0.39, 0.29) is 29.2 Å². The summed E-state index contributed by atoms with van der Waals surface area (Å²) in [5.41, 5.74) is 3.48. The average Bonchev–Trinajstić information content (AvgIpc) is 3.16. The van der Waals surface area contributed by atoms with Crippen molar-refractivity contribution in [3.05, 3.63) is 85.5 Å². The Morgan fingerprint density at radius 1 is 1.19 bits per heavy atom. The van der Waals surface area contributed by atoms with E-state index in [9.17, 15) is 9.59 Å². The molecule has 2 aromatic heterocycles. The van der Waals surface area contributed by atoms with E-state index in [0.717, 1.165) is 16.8 Å². The van der Waals surface area contributed by atoms with Gasteiger partial charge >= 0.3 is 5.97 Å². The number of carbonyl (C=O) groups is 1. The van der Waals surface area contributed by atoms with Gasteiger partial charge in [0.1, 0.15) is 5.02 Å². The minimum atomic E-state index is -0.433. The van der Waals surface area contributed by atoms with Crippen molar-refractivity contribution in [3.8, 4) is 0 Å². The number of esters is 1. The summed E-state index contributed by atoms with van der Waals surface area (Å²) in [7, 11) is 1.64. The molecule has 2 heterocycles. The van der Waals surface area contributed by atoms with E-state index in [1.54, 1.807) is 32.3 Å². The molecule has 0 saturated heterocycles. The molecule has 1 unspecified atom stereocenters. The molecule has 0 saturated carbocycles. The Morgan fingerprint density at radius 2 is 1.91 bits per heavy atom. The van der Waals surface area contributed by atoms with Gasteiger partial charge in [0.2, 0.25) is 0 Å². The van der Waals surface area contributed by atoms with Crippen molar-refractivity contribution in [2.45, 2.75) is 39.8 Å². The zero-order chi connectivity index (χ0) is 23.6. The summed E-state index contributed by atoms with van der Waals surface area (Å²) in [5, 5.41) is 4.21. The number of rotatable bonds is 7. The molecule has 1 aromatic carbocycles. The largest absolute Gasteiger partial charge is 0.462 e. The smallest absolute Gasteiger partial charge is 0.340 e. The molecule has 170 valence electrons. The van der Waals surface area contributed by atoms with Crippen molar-refractivity contribution in [2.24, 2.45) is 7.05 Å². The standard InChI is InChI=1S/C24H27Cl2N3O3/c1-6-32-24(31)19-9-10-29(14(2)3)22(19)21(18-8-7-16(25)11-15(18)4)27-17-12-20(26)23(30)28(5)13-17/h7-14,21,27H,6H2,1-5H3. The third-order valence-corrected chi connectivity index (χ3v) is 5.78. The van der Waals surface area contributed by atoms with Crippen molar-refractivity contribution in [1.29, 1.82) is 0 Å². The van der Waals surface area contributed by atoms with Crippen LogP contribution in [-0.4, -0.2) is 21.7 Å². The molecule has 6 nitrogen and oxygen atoms in total. The fourth-order valence-corrected chi connectivity index (χ4v) is 4.25. The highest BCUT2D eigenvalue weighted by Gasteiger charge is 2.28. The zero-order valence-electron chi connectivity index (χ0n) is 18.8. The first-order valence-electron chi connectivity index (χ1n) is 10.4. The Kier molecular flexibility index (Phi) is 7.36. The maximum Gasteiger partial charge on any atom is 0.340 e. The maximum absolute atomic E-state index is 12.8. The molecule has 0 bridgehead atoms. The van der Waals surface area contributed by atoms with Crippen LogP contribution in [0.1, 0.15) is 60.0 Å². The summed E-state index contributed by atoms with van der Waals surface area (Å²) in [6.07, 6.45) is 3.57. The molecular weight excluding hydrogens is 449 g/mol. The van der Waals surface area contributed by atoms with Crippen molar-refractivity contribution >= 4 is 34.9 Å². The molecule has 1 atom stereocenters.